The van der Waals surface area contributed by atoms with E-state index in [0.29, 0.717) is 13.1 Å². The SMILES string of the molecule is CC(C)(C)OC(=O)NC1CN(C(=O)C2CCNCC2)C1. The number of piperidine rings is 1. The maximum atomic E-state index is 12.2. The van der Waals surface area contributed by atoms with Crippen LogP contribution in [-0.2, 0) is 9.53 Å². The van der Waals surface area contributed by atoms with Crippen LogP contribution >= 0.6 is 0 Å². The summed E-state index contributed by atoms with van der Waals surface area (Å²) < 4.78 is 5.19. The van der Waals surface area contributed by atoms with Gasteiger partial charge < -0.3 is 20.3 Å². The molecule has 20 heavy (non-hydrogen) atoms. The van der Waals surface area contributed by atoms with Gasteiger partial charge in [0.1, 0.15) is 5.60 Å². The molecule has 2 aliphatic heterocycles. The summed E-state index contributed by atoms with van der Waals surface area (Å²) in [6.45, 7) is 8.54. The molecule has 114 valence electrons. The number of nitrogens with one attached hydrogen (secondary N) is 2. The zero-order valence-corrected chi connectivity index (χ0v) is 12.6. The number of likely N-dealkylation sites (tertiary alicyclic amines) is 1. The molecule has 0 saturated carbocycles. The van der Waals surface area contributed by atoms with Crippen LogP contribution in [0.4, 0.5) is 4.79 Å². The quantitative estimate of drug-likeness (QED) is 0.783. The molecule has 0 radical (unpaired) electrons. The Morgan fingerprint density at radius 3 is 2.35 bits per heavy atom. The highest BCUT2D eigenvalue weighted by Crippen LogP contribution is 2.19. The van der Waals surface area contributed by atoms with Crippen molar-refractivity contribution in [2.45, 2.75) is 45.3 Å². The van der Waals surface area contributed by atoms with E-state index in [1.54, 1.807) is 0 Å². The first kappa shape index (κ1) is 15.1. The predicted molar refractivity (Wildman–Crippen MR) is 75.3 cm³/mol. The first-order chi connectivity index (χ1) is 9.35. The molecule has 2 heterocycles. The minimum absolute atomic E-state index is 0.0236. The number of hydrogen-bond donors (Lipinski definition) is 2. The summed E-state index contributed by atoms with van der Waals surface area (Å²) in [4.78, 5) is 25.6. The molecule has 0 bridgehead atoms. The van der Waals surface area contributed by atoms with Gasteiger partial charge in [-0.25, -0.2) is 4.79 Å². The summed E-state index contributed by atoms with van der Waals surface area (Å²) in [5, 5.41) is 6.05. The summed E-state index contributed by atoms with van der Waals surface area (Å²) in [6.07, 6.45) is 1.43. The predicted octanol–water partition coefficient (Wildman–Crippen LogP) is 0.722. The normalized spacial score (nSPS) is 21.2. The van der Waals surface area contributed by atoms with Gasteiger partial charge >= 0.3 is 6.09 Å². The Kier molecular flexibility index (Phi) is 4.52. The molecule has 0 unspecified atom stereocenters. The highest BCUT2D eigenvalue weighted by molar-refractivity contribution is 5.80. The van der Waals surface area contributed by atoms with Crippen molar-refractivity contribution in [1.29, 1.82) is 0 Å². The van der Waals surface area contributed by atoms with Crippen molar-refractivity contribution < 1.29 is 14.3 Å². The fourth-order valence-corrected chi connectivity index (χ4v) is 2.55. The Labute approximate surface area is 120 Å². The van der Waals surface area contributed by atoms with Crippen LogP contribution in [0.5, 0.6) is 0 Å². The van der Waals surface area contributed by atoms with Crippen molar-refractivity contribution in [2.24, 2.45) is 5.92 Å². The molecule has 2 N–H and O–H groups in total. The molecular formula is C14H25N3O3. The molecule has 0 aliphatic carbocycles. The molecule has 2 aliphatic rings. The molecule has 2 amide bonds. The second-order valence-electron chi connectivity index (χ2n) is 6.61. The van der Waals surface area contributed by atoms with Gasteiger partial charge in [0.05, 0.1) is 6.04 Å². The summed E-state index contributed by atoms with van der Waals surface area (Å²) in [7, 11) is 0. The molecule has 2 rings (SSSR count). The number of nitrogens with zero attached hydrogens (tertiary/aromatic N) is 1. The van der Waals surface area contributed by atoms with Gasteiger partial charge in [0.15, 0.2) is 0 Å². The second-order valence-corrected chi connectivity index (χ2v) is 6.61. The number of ether oxygens (including phenoxy) is 1. The van der Waals surface area contributed by atoms with Crippen LogP contribution in [0.3, 0.4) is 0 Å². The fourth-order valence-electron chi connectivity index (χ4n) is 2.55. The second kappa shape index (κ2) is 5.99. The van der Waals surface area contributed by atoms with Crippen LogP contribution in [0.2, 0.25) is 0 Å². The Bertz CT molecular complexity index is 366. The lowest BCUT2D eigenvalue weighted by Crippen LogP contribution is -2.62. The van der Waals surface area contributed by atoms with E-state index in [1.807, 2.05) is 25.7 Å². The minimum Gasteiger partial charge on any atom is -0.444 e. The molecule has 0 aromatic rings. The Hall–Kier alpha value is -1.30. The van der Waals surface area contributed by atoms with Gasteiger partial charge in [-0.05, 0) is 46.7 Å². The van der Waals surface area contributed by atoms with E-state index in [1.165, 1.54) is 0 Å². The lowest BCUT2D eigenvalue weighted by molar-refractivity contribution is -0.141. The maximum Gasteiger partial charge on any atom is 0.407 e. The van der Waals surface area contributed by atoms with E-state index in [0.717, 1.165) is 25.9 Å². The Balaban J connectivity index is 1.69. The van der Waals surface area contributed by atoms with Crippen LogP contribution in [-0.4, -0.2) is 54.7 Å². The number of rotatable bonds is 2. The third kappa shape index (κ3) is 4.10. The van der Waals surface area contributed by atoms with Crippen molar-refractivity contribution in [2.75, 3.05) is 26.2 Å². The van der Waals surface area contributed by atoms with Crippen molar-refractivity contribution in [1.82, 2.24) is 15.5 Å². The van der Waals surface area contributed by atoms with E-state index in [2.05, 4.69) is 10.6 Å². The summed E-state index contributed by atoms with van der Waals surface area (Å²) >= 11 is 0. The molecule has 0 atom stereocenters. The highest BCUT2D eigenvalue weighted by atomic mass is 16.6. The minimum atomic E-state index is -0.488. The number of carbonyl (C=O) groups is 2. The van der Waals surface area contributed by atoms with Gasteiger partial charge in [0.2, 0.25) is 5.91 Å². The molecular weight excluding hydrogens is 258 g/mol. The standard InChI is InChI=1S/C14H25N3O3/c1-14(2,3)20-13(19)16-11-8-17(9-11)12(18)10-4-6-15-7-5-10/h10-11,15H,4-9H2,1-3H3,(H,16,19). The van der Waals surface area contributed by atoms with E-state index < -0.39 is 11.7 Å². The number of carbonyl (C=O) groups excluding carboxylic acids is 2. The zero-order valence-electron chi connectivity index (χ0n) is 12.6. The van der Waals surface area contributed by atoms with Gasteiger partial charge in [-0.3, -0.25) is 4.79 Å². The fraction of sp³-hybridized carbons (Fsp3) is 0.857. The largest absolute Gasteiger partial charge is 0.444 e. The summed E-state index contributed by atoms with van der Waals surface area (Å²) in [5.41, 5.74) is -0.488. The third-order valence-corrected chi connectivity index (χ3v) is 3.60. The van der Waals surface area contributed by atoms with Crippen molar-refractivity contribution in [3.8, 4) is 0 Å². The van der Waals surface area contributed by atoms with Crippen LogP contribution in [0.1, 0.15) is 33.6 Å². The highest BCUT2D eigenvalue weighted by Gasteiger charge is 2.36. The first-order valence-electron chi connectivity index (χ1n) is 7.34. The van der Waals surface area contributed by atoms with Gasteiger partial charge in [-0.15, -0.1) is 0 Å². The molecule has 0 spiro atoms. The van der Waals surface area contributed by atoms with Gasteiger partial charge in [0, 0.05) is 19.0 Å². The van der Waals surface area contributed by atoms with Crippen LogP contribution in [0.15, 0.2) is 0 Å². The number of alkyl carbamates (subject to hydrolysis) is 1. The first-order valence-corrected chi connectivity index (χ1v) is 7.34. The third-order valence-electron chi connectivity index (χ3n) is 3.60. The van der Waals surface area contributed by atoms with E-state index in [4.69, 9.17) is 4.74 Å². The van der Waals surface area contributed by atoms with Crippen molar-refractivity contribution in [3.63, 3.8) is 0 Å². The zero-order chi connectivity index (χ0) is 14.8. The van der Waals surface area contributed by atoms with Crippen LogP contribution in [0, 0.1) is 5.92 Å². The summed E-state index contributed by atoms with van der Waals surface area (Å²) in [5.74, 6) is 0.382. The summed E-state index contributed by atoms with van der Waals surface area (Å²) in [6, 6.07) is 0.0236. The number of hydrogen-bond acceptors (Lipinski definition) is 4. The van der Waals surface area contributed by atoms with Crippen LogP contribution in [0.25, 0.3) is 0 Å². The lowest BCUT2D eigenvalue weighted by atomic mass is 9.94. The Morgan fingerprint density at radius 2 is 1.80 bits per heavy atom. The van der Waals surface area contributed by atoms with Crippen molar-refractivity contribution in [3.05, 3.63) is 0 Å². The molecule has 2 saturated heterocycles. The van der Waals surface area contributed by atoms with Gasteiger partial charge in [0.25, 0.3) is 0 Å². The molecule has 0 aromatic heterocycles. The molecule has 6 nitrogen and oxygen atoms in total. The van der Waals surface area contributed by atoms with Gasteiger partial charge in [-0.2, -0.15) is 0 Å². The average molecular weight is 283 g/mol. The lowest BCUT2D eigenvalue weighted by Gasteiger charge is -2.41. The van der Waals surface area contributed by atoms with Gasteiger partial charge in [-0.1, -0.05) is 0 Å². The molecule has 6 heteroatoms. The average Bonchev–Trinajstić information content (AvgIpc) is 2.31. The van der Waals surface area contributed by atoms with E-state index in [-0.39, 0.29) is 17.9 Å². The maximum absolute atomic E-state index is 12.2. The molecule has 2 fully saturated rings. The van der Waals surface area contributed by atoms with Crippen LogP contribution < -0.4 is 10.6 Å². The number of amides is 2. The van der Waals surface area contributed by atoms with E-state index in [9.17, 15) is 9.59 Å². The van der Waals surface area contributed by atoms with Crippen molar-refractivity contribution >= 4 is 12.0 Å². The van der Waals surface area contributed by atoms with E-state index >= 15 is 0 Å². The monoisotopic (exact) mass is 283 g/mol. The molecule has 0 aromatic carbocycles. The Morgan fingerprint density at radius 1 is 1.20 bits per heavy atom. The smallest absolute Gasteiger partial charge is 0.407 e. The topological polar surface area (TPSA) is 70.7 Å².